The number of hydrogen-bond acceptors (Lipinski definition) is 3. The second kappa shape index (κ2) is 6.31. The van der Waals surface area contributed by atoms with E-state index in [1.807, 2.05) is 18.2 Å². The molecule has 2 heterocycles. The van der Waals surface area contributed by atoms with E-state index in [4.69, 9.17) is 0 Å². The molecule has 1 aromatic carbocycles. The first kappa shape index (κ1) is 14.1. The Bertz CT molecular complexity index is 455. The summed E-state index contributed by atoms with van der Waals surface area (Å²) in [4.78, 5) is 3.20. The van der Waals surface area contributed by atoms with Gasteiger partial charge in [-0.25, -0.2) is 0 Å². The number of rotatable bonds is 4. The molecular formula is C15H20F2N2S. The van der Waals surface area contributed by atoms with Crippen molar-refractivity contribution in [2.75, 3.05) is 18.4 Å². The van der Waals surface area contributed by atoms with E-state index in [2.05, 4.69) is 10.2 Å². The Morgan fingerprint density at radius 2 is 2.00 bits per heavy atom. The van der Waals surface area contributed by atoms with Gasteiger partial charge in [-0.2, -0.15) is 8.78 Å². The zero-order chi connectivity index (χ0) is 13.9. The Balaban J connectivity index is 1.71. The normalized spacial score (nSPS) is 26.8. The zero-order valence-corrected chi connectivity index (χ0v) is 12.2. The van der Waals surface area contributed by atoms with E-state index >= 15 is 0 Å². The molecule has 20 heavy (non-hydrogen) atoms. The van der Waals surface area contributed by atoms with Crippen molar-refractivity contribution in [3.8, 4) is 0 Å². The number of hydrogen-bond donors (Lipinski definition) is 1. The molecule has 1 N–H and O–H groups in total. The summed E-state index contributed by atoms with van der Waals surface area (Å²) in [6.45, 7) is 2.32. The van der Waals surface area contributed by atoms with Crippen LogP contribution in [0.2, 0.25) is 0 Å². The number of nitrogens with zero attached hydrogens (tertiary/aromatic N) is 1. The molecule has 0 spiro atoms. The quantitative estimate of drug-likeness (QED) is 0.845. The van der Waals surface area contributed by atoms with E-state index in [-0.39, 0.29) is 0 Å². The number of benzene rings is 1. The van der Waals surface area contributed by atoms with Crippen molar-refractivity contribution in [1.82, 2.24) is 4.90 Å². The summed E-state index contributed by atoms with van der Waals surface area (Å²) in [5, 5.41) is 3.52. The predicted molar refractivity (Wildman–Crippen MR) is 79.5 cm³/mol. The number of para-hydroxylation sites is 1. The summed E-state index contributed by atoms with van der Waals surface area (Å²) in [6, 6.07) is 8.38. The van der Waals surface area contributed by atoms with Gasteiger partial charge in [0.2, 0.25) is 0 Å². The average molecular weight is 298 g/mol. The van der Waals surface area contributed by atoms with Gasteiger partial charge in [0.15, 0.2) is 0 Å². The number of thioether (sulfide) groups is 1. The van der Waals surface area contributed by atoms with Gasteiger partial charge in [-0.3, -0.25) is 4.90 Å². The largest absolute Gasteiger partial charge is 0.380 e. The minimum absolute atomic E-state index is 0.398. The SMILES string of the molecule is FC(F)Sc1ccccc1NC1CCN2CCCCC12. The highest BCUT2D eigenvalue weighted by Crippen LogP contribution is 2.35. The molecule has 0 amide bonds. The van der Waals surface area contributed by atoms with Gasteiger partial charge < -0.3 is 5.32 Å². The topological polar surface area (TPSA) is 15.3 Å². The van der Waals surface area contributed by atoms with Crippen LogP contribution in [-0.2, 0) is 0 Å². The number of alkyl halides is 2. The molecule has 0 radical (unpaired) electrons. The summed E-state index contributed by atoms with van der Waals surface area (Å²) < 4.78 is 25.2. The summed E-state index contributed by atoms with van der Waals surface area (Å²) in [5.74, 6) is -2.37. The number of nitrogens with one attached hydrogen (secondary N) is 1. The van der Waals surface area contributed by atoms with E-state index in [1.165, 1.54) is 25.8 Å². The molecule has 2 aliphatic rings. The van der Waals surface area contributed by atoms with Gasteiger partial charge in [0, 0.05) is 29.2 Å². The monoisotopic (exact) mass is 298 g/mol. The highest BCUT2D eigenvalue weighted by Gasteiger charge is 2.35. The van der Waals surface area contributed by atoms with Gasteiger partial charge in [0.1, 0.15) is 0 Å². The van der Waals surface area contributed by atoms with Crippen molar-refractivity contribution in [3.63, 3.8) is 0 Å². The third kappa shape index (κ3) is 3.09. The van der Waals surface area contributed by atoms with Crippen molar-refractivity contribution in [2.24, 2.45) is 0 Å². The van der Waals surface area contributed by atoms with Crippen LogP contribution in [0.25, 0.3) is 0 Å². The lowest BCUT2D eigenvalue weighted by Gasteiger charge is -2.33. The van der Waals surface area contributed by atoms with Gasteiger partial charge in [-0.15, -0.1) is 0 Å². The van der Waals surface area contributed by atoms with Gasteiger partial charge in [0.05, 0.1) is 0 Å². The van der Waals surface area contributed by atoms with Crippen LogP contribution in [0.5, 0.6) is 0 Å². The Labute approximate surface area is 122 Å². The number of anilines is 1. The summed E-state index contributed by atoms with van der Waals surface area (Å²) >= 11 is 0.628. The van der Waals surface area contributed by atoms with Gasteiger partial charge in [-0.1, -0.05) is 30.3 Å². The average Bonchev–Trinajstić information content (AvgIpc) is 2.84. The lowest BCUT2D eigenvalue weighted by atomic mass is 9.99. The number of halogens is 2. The third-order valence-corrected chi connectivity index (χ3v) is 5.09. The first-order valence-corrected chi connectivity index (χ1v) is 8.16. The van der Waals surface area contributed by atoms with E-state index in [1.54, 1.807) is 6.07 Å². The second-order valence-electron chi connectivity index (χ2n) is 5.51. The van der Waals surface area contributed by atoms with Crippen molar-refractivity contribution < 1.29 is 8.78 Å². The third-order valence-electron chi connectivity index (χ3n) is 4.30. The van der Waals surface area contributed by atoms with E-state index < -0.39 is 5.76 Å². The summed E-state index contributed by atoms with van der Waals surface area (Å²) in [5.41, 5.74) is 0.857. The van der Waals surface area contributed by atoms with Gasteiger partial charge >= 0.3 is 0 Å². The maximum absolute atomic E-state index is 12.6. The van der Waals surface area contributed by atoms with Crippen LogP contribution in [0, 0.1) is 0 Å². The van der Waals surface area contributed by atoms with Crippen LogP contribution in [0.15, 0.2) is 29.2 Å². The Morgan fingerprint density at radius 1 is 1.15 bits per heavy atom. The number of piperidine rings is 1. The molecule has 0 saturated carbocycles. The van der Waals surface area contributed by atoms with Crippen LogP contribution in [0.1, 0.15) is 25.7 Å². The fourth-order valence-corrected chi connectivity index (χ4v) is 4.00. The molecule has 0 bridgehead atoms. The predicted octanol–water partition coefficient (Wildman–Crippen LogP) is 4.04. The molecule has 2 atom stereocenters. The Kier molecular flexibility index (Phi) is 4.46. The maximum Gasteiger partial charge on any atom is 0.288 e. The van der Waals surface area contributed by atoms with E-state index in [0.29, 0.717) is 28.7 Å². The summed E-state index contributed by atoms with van der Waals surface area (Å²) in [6.07, 6.45) is 4.91. The summed E-state index contributed by atoms with van der Waals surface area (Å²) in [7, 11) is 0. The molecule has 0 aliphatic carbocycles. The molecule has 2 unspecified atom stereocenters. The van der Waals surface area contributed by atoms with E-state index in [0.717, 1.165) is 18.7 Å². The molecule has 5 heteroatoms. The second-order valence-corrected chi connectivity index (χ2v) is 6.55. The van der Waals surface area contributed by atoms with Crippen molar-refractivity contribution >= 4 is 17.4 Å². The zero-order valence-electron chi connectivity index (χ0n) is 11.4. The maximum atomic E-state index is 12.6. The molecule has 2 fully saturated rings. The number of fused-ring (bicyclic) bond motifs is 1. The van der Waals surface area contributed by atoms with Crippen LogP contribution < -0.4 is 5.32 Å². The minimum Gasteiger partial charge on any atom is -0.380 e. The highest BCUT2D eigenvalue weighted by molar-refractivity contribution is 7.99. The molecule has 2 nitrogen and oxygen atoms in total. The standard InChI is InChI=1S/C15H20F2N2S/c16-15(17)20-14-7-2-1-5-12(14)18-11-8-10-19-9-4-3-6-13(11)19/h1-2,5,7,11,13,15,18H,3-4,6,8-10H2. The highest BCUT2D eigenvalue weighted by atomic mass is 32.2. The minimum atomic E-state index is -2.37. The molecule has 3 rings (SSSR count). The van der Waals surface area contributed by atoms with Crippen LogP contribution >= 0.6 is 11.8 Å². The van der Waals surface area contributed by atoms with Crippen LogP contribution in [0.3, 0.4) is 0 Å². The molecular weight excluding hydrogens is 278 g/mol. The van der Waals surface area contributed by atoms with E-state index in [9.17, 15) is 8.78 Å². The molecule has 2 saturated heterocycles. The fraction of sp³-hybridized carbons (Fsp3) is 0.600. The van der Waals surface area contributed by atoms with Crippen molar-refractivity contribution in [2.45, 2.75) is 48.4 Å². The Hall–Kier alpha value is -0.810. The van der Waals surface area contributed by atoms with Crippen molar-refractivity contribution in [3.05, 3.63) is 24.3 Å². The van der Waals surface area contributed by atoms with Crippen LogP contribution in [-0.4, -0.2) is 35.8 Å². The Morgan fingerprint density at radius 3 is 2.85 bits per heavy atom. The first-order chi connectivity index (χ1) is 9.74. The molecule has 1 aromatic rings. The molecule has 110 valence electrons. The van der Waals surface area contributed by atoms with Crippen LogP contribution in [0.4, 0.5) is 14.5 Å². The first-order valence-electron chi connectivity index (χ1n) is 7.28. The lowest BCUT2D eigenvalue weighted by molar-refractivity contribution is 0.192. The lowest BCUT2D eigenvalue weighted by Crippen LogP contribution is -2.41. The van der Waals surface area contributed by atoms with Gasteiger partial charge in [0.25, 0.3) is 5.76 Å². The molecule has 2 aliphatic heterocycles. The van der Waals surface area contributed by atoms with Crippen molar-refractivity contribution in [1.29, 1.82) is 0 Å². The van der Waals surface area contributed by atoms with Gasteiger partial charge in [-0.05, 0) is 37.9 Å². The molecule has 0 aromatic heterocycles. The fourth-order valence-electron chi connectivity index (χ4n) is 3.40. The smallest absolute Gasteiger partial charge is 0.288 e.